The largest absolute Gasteiger partial charge is 0.478 e. The number of hydrogen-bond donors (Lipinski definition) is 2. The molecule has 0 aliphatic heterocycles. The third-order valence-corrected chi connectivity index (χ3v) is 6.80. The lowest BCUT2D eigenvalue weighted by molar-refractivity contribution is 0.0698. The van der Waals surface area contributed by atoms with Gasteiger partial charge >= 0.3 is 5.97 Å². The van der Waals surface area contributed by atoms with E-state index in [1.54, 1.807) is 18.2 Å². The number of carboxylic acids is 1. The first-order valence-electron chi connectivity index (χ1n) is 13.2. The number of carbonyl (C=O) groups is 1. The Labute approximate surface area is 230 Å². The number of anilines is 3. The van der Waals surface area contributed by atoms with E-state index >= 15 is 0 Å². The summed E-state index contributed by atoms with van der Waals surface area (Å²) in [6, 6.07) is 45.3. The molecule has 2 N–H and O–H groups in total. The first-order chi connectivity index (χ1) is 19.1. The third-order valence-electron chi connectivity index (χ3n) is 6.80. The Bertz CT molecular complexity index is 1460. The van der Waals surface area contributed by atoms with Gasteiger partial charge in [0.1, 0.15) is 0 Å². The van der Waals surface area contributed by atoms with E-state index in [4.69, 9.17) is 0 Å². The van der Waals surface area contributed by atoms with Gasteiger partial charge < -0.3 is 15.3 Å². The predicted octanol–water partition coefficient (Wildman–Crippen LogP) is 8.12. The fraction of sp³-hybridized carbons (Fsp3) is 0.114. The van der Waals surface area contributed by atoms with Crippen molar-refractivity contribution in [3.63, 3.8) is 0 Å². The molecule has 5 rings (SSSR count). The number of hydrogen-bond acceptors (Lipinski definition) is 3. The molecule has 0 spiro atoms. The highest BCUT2D eigenvalue weighted by Crippen LogP contribution is 2.24. The van der Waals surface area contributed by atoms with E-state index in [9.17, 15) is 9.90 Å². The molecule has 39 heavy (non-hydrogen) atoms. The third kappa shape index (κ3) is 7.14. The molecule has 0 radical (unpaired) electrons. The number of nitrogens with one attached hydrogen (secondary N) is 1. The van der Waals surface area contributed by atoms with Crippen LogP contribution in [0, 0.1) is 0 Å². The van der Waals surface area contributed by atoms with Crippen molar-refractivity contribution >= 4 is 23.0 Å². The molecule has 0 atom stereocenters. The van der Waals surface area contributed by atoms with Crippen LogP contribution in [0.15, 0.2) is 133 Å². The normalized spacial score (nSPS) is 10.7. The maximum absolute atomic E-state index is 11.5. The van der Waals surface area contributed by atoms with Crippen LogP contribution in [0.2, 0.25) is 0 Å². The van der Waals surface area contributed by atoms with Crippen molar-refractivity contribution in [3.05, 3.63) is 161 Å². The van der Waals surface area contributed by atoms with Crippen LogP contribution in [-0.4, -0.2) is 11.1 Å². The SMILES string of the molecule is O=C(O)c1ccccc1Nc1ccc(CCc2cccc(N(Cc3ccccc3)Cc3ccccc3)c2)cc1. The number of carboxylic acid groups (broad SMARTS) is 1. The molecule has 0 amide bonds. The van der Waals surface area contributed by atoms with Crippen molar-refractivity contribution < 1.29 is 9.90 Å². The van der Waals surface area contributed by atoms with E-state index in [1.165, 1.54) is 27.9 Å². The maximum Gasteiger partial charge on any atom is 0.337 e. The van der Waals surface area contributed by atoms with Gasteiger partial charge in [0.15, 0.2) is 0 Å². The van der Waals surface area contributed by atoms with E-state index in [1.807, 2.05) is 18.2 Å². The Morgan fingerprint density at radius 1 is 0.590 bits per heavy atom. The fourth-order valence-corrected chi connectivity index (χ4v) is 4.73. The first-order valence-corrected chi connectivity index (χ1v) is 13.2. The van der Waals surface area contributed by atoms with E-state index in [2.05, 4.69) is 107 Å². The highest BCUT2D eigenvalue weighted by Gasteiger charge is 2.11. The smallest absolute Gasteiger partial charge is 0.337 e. The van der Waals surface area contributed by atoms with Crippen molar-refractivity contribution in [3.8, 4) is 0 Å². The van der Waals surface area contributed by atoms with Gasteiger partial charge in [-0.3, -0.25) is 0 Å². The standard InChI is InChI=1S/C35H32N2O2/c38-35(39)33-16-7-8-17-34(33)36-31-22-20-27(21-23-31)18-19-28-14-9-15-32(24-28)37(25-29-10-3-1-4-11-29)26-30-12-5-2-6-13-30/h1-17,20-24,36H,18-19,25-26H2,(H,38,39). The molecule has 0 aliphatic carbocycles. The van der Waals surface area contributed by atoms with Crippen LogP contribution in [0.3, 0.4) is 0 Å². The van der Waals surface area contributed by atoms with Crippen LogP contribution in [-0.2, 0) is 25.9 Å². The molecule has 4 heteroatoms. The van der Waals surface area contributed by atoms with Gasteiger partial charge in [-0.05, 0) is 71.5 Å². The maximum atomic E-state index is 11.5. The molecule has 5 aromatic carbocycles. The zero-order valence-electron chi connectivity index (χ0n) is 21.8. The summed E-state index contributed by atoms with van der Waals surface area (Å²) in [5.74, 6) is -0.942. The Hall–Kier alpha value is -4.83. The first kappa shape index (κ1) is 25.8. The number of nitrogens with zero attached hydrogens (tertiary/aromatic N) is 1. The van der Waals surface area contributed by atoms with E-state index in [0.29, 0.717) is 5.69 Å². The number of para-hydroxylation sites is 1. The number of rotatable bonds is 11. The van der Waals surface area contributed by atoms with Crippen LogP contribution < -0.4 is 10.2 Å². The number of aromatic carboxylic acids is 1. The van der Waals surface area contributed by atoms with Gasteiger partial charge in [0.2, 0.25) is 0 Å². The van der Waals surface area contributed by atoms with Crippen LogP contribution in [0.25, 0.3) is 0 Å². The van der Waals surface area contributed by atoms with E-state index in [-0.39, 0.29) is 5.56 Å². The van der Waals surface area contributed by atoms with Gasteiger partial charge in [-0.1, -0.05) is 97.1 Å². The van der Waals surface area contributed by atoms with Gasteiger partial charge in [-0.15, -0.1) is 0 Å². The van der Waals surface area contributed by atoms with Crippen LogP contribution in [0.5, 0.6) is 0 Å². The Morgan fingerprint density at radius 2 is 1.15 bits per heavy atom. The van der Waals surface area contributed by atoms with Crippen LogP contribution in [0.1, 0.15) is 32.6 Å². The van der Waals surface area contributed by atoms with Gasteiger partial charge in [0.05, 0.1) is 11.3 Å². The molecule has 0 fully saturated rings. The lowest BCUT2D eigenvalue weighted by Gasteiger charge is -2.26. The molecule has 5 aromatic rings. The van der Waals surface area contributed by atoms with Crippen molar-refractivity contribution in [2.24, 2.45) is 0 Å². The lowest BCUT2D eigenvalue weighted by atomic mass is 10.0. The summed E-state index contributed by atoms with van der Waals surface area (Å²) in [4.78, 5) is 13.9. The summed E-state index contributed by atoms with van der Waals surface area (Å²) < 4.78 is 0. The quantitative estimate of drug-likeness (QED) is 0.188. The lowest BCUT2D eigenvalue weighted by Crippen LogP contribution is -2.22. The highest BCUT2D eigenvalue weighted by molar-refractivity contribution is 5.95. The summed E-state index contributed by atoms with van der Waals surface area (Å²) in [5.41, 5.74) is 8.06. The molecule has 0 heterocycles. The van der Waals surface area contributed by atoms with E-state index in [0.717, 1.165) is 31.6 Å². The minimum Gasteiger partial charge on any atom is -0.478 e. The Kier molecular flexibility index (Phi) is 8.35. The molecule has 0 unspecified atom stereocenters. The summed E-state index contributed by atoms with van der Waals surface area (Å²) in [6.45, 7) is 1.69. The monoisotopic (exact) mass is 512 g/mol. The predicted molar refractivity (Wildman–Crippen MR) is 160 cm³/mol. The zero-order valence-corrected chi connectivity index (χ0v) is 21.8. The molecule has 4 nitrogen and oxygen atoms in total. The van der Waals surface area contributed by atoms with Crippen molar-refractivity contribution in [2.75, 3.05) is 10.2 Å². The van der Waals surface area contributed by atoms with Gasteiger partial charge in [0.25, 0.3) is 0 Å². The van der Waals surface area contributed by atoms with Gasteiger partial charge in [0, 0.05) is 24.5 Å². The minimum absolute atomic E-state index is 0.259. The second-order valence-corrected chi connectivity index (χ2v) is 9.67. The average Bonchev–Trinajstić information content (AvgIpc) is 2.98. The second-order valence-electron chi connectivity index (χ2n) is 9.67. The number of aryl methyl sites for hydroxylation is 2. The summed E-state index contributed by atoms with van der Waals surface area (Å²) in [6.07, 6.45) is 1.86. The molecular weight excluding hydrogens is 480 g/mol. The topological polar surface area (TPSA) is 52.6 Å². The van der Waals surface area contributed by atoms with Gasteiger partial charge in [-0.25, -0.2) is 4.79 Å². The molecular formula is C35H32N2O2. The molecule has 0 bridgehead atoms. The zero-order chi connectivity index (χ0) is 26.9. The van der Waals surface area contributed by atoms with Crippen LogP contribution in [0.4, 0.5) is 17.1 Å². The van der Waals surface area contributed by atoms with Crippen molar-refractivity contribution in [1.29, 1.82) is 0 Å². The van der Waals surface area contributed by atoms with Crippen molar-refractivity contribution in [2.45, 2.75) is 25.9 Å². The summed E-state index contributed by atoms with van der Waals surface area (Å²) >= 11 is 0. The Morgan fingerprint density at radius 3 is 1.79 bits per heavy atom. The summed E-state index contributed by atoms with van der Waals surface area (Å²) in [7, 11) is 0. The highest BCUT2D eigenvalue weighted by atomic mass is 16.4. The van der Waals surface area contributed by atoms with E-state index < -0.39 is 5.97 Å². The van der Waals surface area contributed by atoms with Crippen molar-refractivity contribution in [1.82, 2.24) is 0 Å². The average molecular weight is 513 g/mol. The molecule has 0 aliphatic rings. The molecule has 0 saturated carbocycles. The molecule has 0 saturated heterocycles. The van der Waals surface area contributed by atoms with Gasteiger partial charge in [-0.2, -0.15) is 0 Å². The van der Waals surface area contributed by atoms with Crippen LogP contribution >= 0.6 is 0 Å². The summed E-state index contributed by atoms with van der Waals surface area (Å²) in [5, 5.41) is 12.7. The minimum atomic E-state index is -0.942. The Balaban J connectivity index is 1.26. The molecule has 194 valence electrons. The molecule has 0 aromatic heterocycles. The second kappa shape index (κ2) is 12.6. The number of benzene rings is 5. The fourth-order valence-electron chi connectivity index (χ4n) is 4.73.